The van der Waals surface area contributed by atoms with Gasteiger partial charge in [-0.25, -0.2) is 0 Å². The number of pyridine rings is 1. The van der Waals surface area contributed by atoms with Gasteiger partial charge in [0.2, 0.25) is 0 Å². The van der Waals surface area contributed by atoms with Crippen LogP contribution in [0.4, 0.5) is 5.69 Å². The third-order valence-electron chi connectivity index (χ3n) is 5.88. The Labute approximate surface area is 198 Å². The minimum atomic E-state index is -0.138. The molecule has 3 heterocycles. The van der Waals surface area contributed by atoms with Crippen molar-refractivity contribution >= 4 is 23.0 Å². The van der Waals surface area contributed by atoms with Crippen LogP contribution in [-0.4, -0.2) is 28.9 Å². The monoisotopic (exact) mass is 456 g/mol. The Bertz CT molecular complexity index is 1260. The van der Waals surface area contributed by atoms with Gasteiger partial charge in [0, 0.05) is 23.8 Å². The maximum absolute atomic E-state index is 5.84. The van der Waals surface area contributed by atoms with E-state index in [0.29, 0.717) is 5.11 Å². The molecule has 33 heavy (non-hydrogen) atoms. The van der Waals surface area contributed by atoms with Crippen molar-refractivity contribution in [1.29, 1.82) is 0 Å². The first-order valence-corrected chi connectivity index (χ1v) is 11.1. The van der Waals surface area contributed by atoms with Gasteiger partial charge < -0.3 is 24.3 Å². The lowest BCUT2D eigenvalue weighted by atomic mass is 10.0. The van der Waals surface area contributed by atoms with Crippen LogP contribution < -0.4 is 19.7 Å². The van der Waals surface area contributed by atoms with Crippen LogP contribution in [0.3, 0.4) is 0 Å². The number of rotatable bonds is 6. The van der Waals surface area contributed by atoms with Gasteiger partial charge in [-0.2, -0.15) is 0 Å². The maximum Gasteiger partial charge on any atom is 0.174 e. The van der Waals surface area contributed by atoms with E-state index in [0.717, 1.165) is 34.3 Å². The highest BCUT2D eigenvalue weighted by Gasteiger charge is 2.42. The molecule has 0 spiro atoms. The summed E-state index contributed by atoms with van der Waals surface area (Å²) in [4.78, 5) is 6.79. The number of ether oxygens (including phenoxy) is 2. The van der Waals surface area contributed by atoms with Crippen LogP contribution in [0.25, 0.3) is 5.69 Å². The molecule has 1 fully saturated rings. The number of thiocarbonyl (C=S) groups is 1. The minimum absolute atomic E-state index is 0.135. The van der Waals surface area contributed by atoms with Crippen molar-refractivity contribution in [1.82, 2.24) is 14.9 Å². The molecule has 2 atom stereocenters. The molecule has 2 aromatic heterocycles. The predicted octanol–water partition coefficient (Wildman–Crippen LogP) is 5.07. The molecule has 4 aromatic rings. The van der Waals surface area contributed by atoms with Gasteiger partial charge in [0.15, 0.2) is 5.11 Å². The first-order valence-electron chi connectivity index (χ1n) is 10.7. The molecular weight excluding hydrogens is 432 g/mol. The van der Waals surface area contributed by atoms with Crippen LogP contribution in [0.5, 0.6) is 11.5 Å². The summed E-state index contributed by atoms with van der Waals surface area (Å²) in [6, 6.07) is 25.8. The molecule has 1 aliphatic heterocycles. The summed E-state index contributed by atoms with van der Waals surface area (Å²) in [6.45, 7) is 0. The zero-order valence-corrected chi connectivity index (χ0v) is 19.2. The summed E-state index contributed by atoms with van der Waals surface area (Å²) in [7, 11) is 3.35. The van der Waals surface area contributed by atoms with Gasteiger partial charge in [-0.05, 0) is 72.9 Å². The Morgan fingerprint density at radius 3 is 2.39 bits per heavy atom. The van der Waals surface area contributed by atoms with Gasteiger partial charge >= 0.3 is 0 Å². The molecule has 0 unspecified atom stereocenters. The molecule has 1 aliphatic rings. The number of anilines is 1. The van der Waals surface area contributed by atoms with Gasteiger partial charge in [-0.3, -0.25) is 4.98 Å². The van der Waals surface area contributed by atoms with E-state index in [1.165, 1.54) is 0 Å². The highest BCUT2D eigenvalue weighted by Crippen LogP contribution is 2.43. The van der Waals surface area contributed by atoms with Gasteiger partial charge in [0.25, 0.3) is 0 Å². The topological polar surface area (TPSA) is 51.5 Å². The fourth-order valence-corrected chi connectivity index (χ4v) is 4.71. The lowest BCUT2D eigenvalue weighted by Gasteiger charge is -2.29. The van der Waals surface area contributed by atoms with Crippen LogP contribution >= 0.6 is 12.2 Å². The van der Waals surface area contributed by atoms with Crippen molar-refractivity contribution in [3.05, 3.63) is 103 Å². The van der Waals surface area contributed by atoms with E-state index in [9.17, 15) is 0 Å². The molecule has 1 N–H and O–H groups in total. The Morgan fingerprint density at radius 2 is 1.67 bits per heavy atom. The standard InChI is InChI=1S/C26H24N4O2S/c1-31-19-14-12-18(13-15-19)30-25(24(28-26(30)33)20-8-5-6-16-27-20)22-10-7-17-29(22)21-9-3-4-11-23(21)32-2/h3-17,24-25H,1-2H3,(H,28,33)/t24-,25+/m1/s1. The summed E-state index contributed by atoms with van der Waals surface area (Å²) >= 11 is 5.84. The Hall–Kier alpha value is -3.84. The molecule has 166 valence electrons. The lowest BCUT2D eigenvalue weighted by molar-refractivity contribution is 0.412. The highest BCUT2D eigenvalue weighted by molar-refractivity contribution is 7.80. The maximum atomic E-state index is 5.84. The summed E-state index contributed by atoms with van der Waals surface area (Å²) in [5.74, 6) is 1.60. The molecule has 5 rings (SSSR count). The number of benzene rings is 2. The number of methoxy groups -OCH3 is 2. The van der Waals surface area contributed by atoms with Gasteiger partial charge in [0.05, 0.1) is 31.6 Å². The number of nitrogens with zero attached hydrogens (tertiary/aromatic N) is 3. The van der Waals surface area contributed by atoms with Crippen molar-refractivity contribution < 1.29 is 9.47 Å². The normalized spacial score (nSPS) is 17.6. The number of hydrogen-bond acceptors (Lipinski definition) is 4. The van der Waals surface area contributed by atoms with Gasteiger partial charge in [0.1, 0.15) is 17.5 Å². The quantitative estimate of drug-likeness (QED) is 0.409. The summed E-state index contributed by atoms with van der Waals surface area (Å²) in [6.07, 6.45) is 3.86. The van der Waals surface area contributed by atoms with Crippen LogP contribution in [0, 0.1) is 0 Å². The molecule has 0 radical (unpaired) electrons. The predicted molar refractivity (Wildman–Crippen MR) is 133 cm³/mol. The second-order valence-corrected chi connectivity index (χ2v) is 8.06. The van der Waals surface area contributed by atoms with E-state index >= 15 is 0 Å². The Morgan fingerprint density at radius 1 is 0.879 bits per heavy atom. The average molecular weight is 457 g/mol. The zero-order chi connectivity index (χ0) is 22.8. The van der Waals surface area contributed by atoms with E-state index in [1.54, 1.807) is 14.2 Å². The van der Waals surface area contributed by atoms with Crippen LogP contribution in [0.1, 0.15) is 23.5 Å². The Kier molecular flexibility index (Phi) is 5.71. The lowest BCUT2D eigenvalue weighted by Crippen LogP contribution is -2.30. The van der Waals surface area contributed by atoms with Crippen molar-refractivity contribution in [2.75, 3.05) is 19.1 Å². The smallest absolute Gasteiger partial charge is 0.174 e. The number of hydrogen-bond donors (Lipinski definition) is 1. The average Bonchev–Trinajstić information content (AvgIpc) is 3.48. The van der Waals surface area contributed by atoms with Crippen LogP contribution in [0.2, 0.25) is 0 Å². The van der Waals surface area contributed by atoms with E-state index in [-0.39, 0.29) is 12.1 Å². The minimum Gasteiger partial charge on any atom is -0.497 e. The third-order valence-corrected chi connectivity index (χ3v) is 6.19. The van der Waals surface area contributed by atoms with E-state index in [1.807, 2.05) is 72.9 Å². The molecule has 0 amide bonds. The number of nitrogens with one attached hydrogen (secondary N) is 1. The molecular formula is C26H24N4O2S. The SMILES string of the molecule is COc1ccc(N2C(=S)N[C@H](c3ccccn3)[C@@H]2c2cccn2-c2ccccc2OC)cc1. The fourth-order valence-electron chi connectivity index (χ4n) is 4.36. The van der Waals surface area contributed by atoms with Gasteiger partial charge in [-0.1, -0.05) is 18.2 Å². The number of aromatic nitrogens is 2. The van der Waals surface area contributed by atoms with E-state index in [2.05, 4.69) is 38.1 Å². The third kappa shape index (κ3) is 3.81. The van der Waals surface area contributed by atoms with Crippen molar-refractivity contribution in [2.24, 2.45) is 0 Å². The molecule has 2 aromatic carbocycles. The second kappa shape index (κ2) is 8.96. The highest BCUT2D eigenvalue weighted by atomic mass is 32.1. The zero-order valence-electron chi connectivity index (χ0n) is 18.4. The molecule has 0 saturated carbocycles. The fraction of sp³-hybridized carbons (Fsp3) is 0.154. The molecule has 0 aliphatic carbocycles. The van der Waals surface area contributed by atoms with Gasteiger partial charge in [-0.15, -0.1) is 0 Å². The van der Waals surface area contributed by atoms with Crippen molar-refractivity contribution in [3.8, 4) is 17.2 Å². The first-order chi connectivity index (χ1) is 16.2. The second-order valence-electron chi connectivity index (χ2n) is 7.67. The van der Waals surface area contributed by atoms with Crippen molar-refractivity contribution in [2.45, 2.75) is 12.1 Å². The first kappa shape index (κ1) is 21.0. The summed E-state index contributed by atoms with van der Waals surface area (Å²) in [5, 5.41) is 4.16. The summed E-state index contributed by atoms with van der Waals surface area (Å²) in [5.41, 5.74) is 3.93. The molecule has 6 nitrogen and oxygen atoms in total. The Balaban J connectivity index is 1.66. The molecule has 0 bridgehead atoms. The van der Waals surface area contributed by atoms with E-state index in [4.69, 9.17) is 21.7 Å². The molecule has 7 heteroatoms. The van der Waals surface area contributed by atoms with Crippen LogP contribution in [0.15, 0.2) is 91.3 Å². The van der Waals surface area contributed by atoms with E-state index < -0.39 is 0 Å². The largest absolute Gasteiger partial charge is 0.497 e. The summed E-state index contributed by atoms with van der Waals surface area (Å²) < 4.78 is 13.2. The van der Waals surface area contributed by atoms with Crippen LogP contribution in [-0.2, 0) is 0 Å². The van der Waals surface area contributed by atoms with Crippen molar-refractivity contribution in [3.63, 3.8) is 0 Å². The molecule has 1 saturated heterocycles. The number of para-hydroxylation sites is 2.